The van der Waals surface area contributed by atoms with Crippen LogP contribution in [-0.2, 0) is 16.1 Å². The average molecular weight is 542 g/mol. The van der Waals surface area contributed by atoms with E-state index in [1.54, 1.807) is 23.5 Å². The van der Waals surface area contributed by atoms with Gasteiger partial charge in [0.25, 0.3) is 0 Å². The molecule has 10 heteroatoms. The van der Waals surface area contributed by atoms with Crippen LogP contribution in [0.15, 0.2) is 41.2 Å². The van der Waals surface area contributed by atoms with Gasteiger partial charge in [-0.3, -0.25) is 0 Å². The summed E-state index contributed by atoms with van der Waals surface area (Å²) in [5.74, 6) is -3.17. The standard InChI is InChI=1S/C25H19F2N3O4Se/c1-12-19(10-16-15-9-17(26)18(27)11-20(15)29-23(16)31)28-13(2)22(12)25(33)34-8-7-30-24(32)14-5-3-4-6-21(14)35-30/h3-6,9-11,28H,7-8H2,1-2H3,(H,29,31)/b16-10-. The van der Waals surface area contributed by atoms with E-state index in [0.717, 1.165) is 16.4 Å². The zero-order valence-electron chi connectivity index (χ0n) is 18.7. The summed E-state index contributed by atoms with van der Waals surface area (Å²) in [5.41, 5.74) is 2.40. The summed E-state index contributed by atoms with van der Waals surface area (Å²) in [7, 11) is 0. The Labute approximate surface area is 204 Å². The summed E-state index contributed by atoms with van der Waals surface area (Å²) in [5, 5.41) is 3.20. The minimum absolute atomic E-state index is 0.0431. The van der Waals surface area contributed by atoms with Gasteiger partial charge in [-0.25, -0.2) is 8.78 Å². The maximum atomic E-state index is 13.8. The number of nitrogens with one attached hydrogen (secondary N) is 2. The zero-order valence-corrected chi connectivity index (χ0v) is 20.4. The number of carbonyl (C=O) groups excluding carboxylic acids is 2. The van der Waals surface area contributed by atoms with Crippen molar-refractivity contribution in [1.82, 2.24) is 8.55 Å². The molecular weight excluding hydrogens is 523 g/mol. The first-order chi connectivity index (χ1) is 16.7. The number of aromatic amines is 1. The number of carbonyl (C=O) groups is 2. The fourth-order valence-corrected chi connectivity index (χ4v) is 6.21. The molecule has 2 N–H and O–H groups in total. The van der Waals surface area contributed by atoms with E-state index in [4.69, 9.17) is 4.74 Å². The maximum absolute atomic E-state index is 13.8. The monoisotopic (exact) mass is 543 g/mol. The van der Waals surface area contributed by atoms with E-state index >= 15 is 0 Å². The normalized spacial score (nSPS) is 13.9. The number of hydrogen-bond donors (Lipinski definition) is 2. The molecule has 0 saturated heterocycles. The predicted octanol–water partition coefficient (Wildman–Crippen LogP) is 3.63. The van der Waals surface area contributed by atoms with Crippen molar-refractivity contribution in [2.24, 2.45) is 0 Å². The van der Waals surface area contributed by atoms with Crippen LogP contribution in [0, 0.1) is 25.5 Å². The minimum atomic E-state index is -1.06. The van der Waals surface area contributed by atoms with E-state index in [2.05, 4.69) is 10.3 Å². The molecule has 0 aliphatic carbocycles. The molecule has 178 valence electrons. The topological polar surface area (TPSA) is 93.2 Å². The van der Waals surface area contributed by atoms with Crippen molar-refractivity contribution in [3.63, 3.8) is 0 Å². The summed E-state index contributed by atoms with van der Waals surface area (Å²) in [6.07, 6.45) is 1.50. The molecule has 0 saturated carbocycles. The molecule has 0 radical (unpaired) electrons. The van der Waals surface area contributed by atoms with Crippen molar-refractivity contribution < 1.29 is 23.1 Å². The molecular formula is C25H19F2N3O4Se. The number of nitrogens with zero attached hydrogens (tertiary/aromatic N) is 1. The van der Waals surface area contributed by atoms with Crippen LogP contribution in [0.3, 0.4) is 0 Å². The number of amides is 1. The Hall–Kier alpha value is -3.75. The first-order valence-electron chi connectivity index (χ1n) is 10.7. The third-order valence-corrected chi connectivity index (χ3v) is 8.25. The molecule has 1 aliphatic rings. The number of H-pyrrole nitrogens is 1. The Balaban J connectivity index is 1.36. The number of esters is 1. The fraction of sp³-hybridized carbons (Fsp3) is 0.160. The predicted molar refractivity (Wildman–Crippen MR) is 129 cm³/mol. The van der Waals surface area contributed by atoms with Gasteiger partial charge < -0.3 is 0 Å². The number of fused-ring (bicyclic) bond motifs is 2. The number of anilines is 1. The van der Waals surface area contributed by atoms with Gasteiger partial charge >= 0.3 is 178 Å². The van der Waals surface area contributed by atoms with E-state index in [1.807, 2.05) is 18.2 Å². The Bertz CT molecular complexity index is 1610. The Kier molecular flexibility index (Phi) is 5.78. The fourth-order valence-electron chi connectivity index (χ4n) is 4.16. The summed E-state index contributed by atoms with van der Waals surface area (Å²) in [6, 6.07) is 9.34. The van der Waals surface area contributed by atoms with E-state index in [-0.39, 0.29) is 50.3 Å². The molecule has 5 rings (SSSR count). The van der Waals surface area contributed by atoms with E-state index < -0.39 is 23.5 Å². The van der Waals surface area contributed by atoms with Gasteiger partial charge in [0.2, 0.25) is 0 Å². The molecule has 0 bridgehead atoms. The van der Waals surface area contributed by atoms with Crippen LogP contribution in [0.2, 0.25) is 0 Å². The summed E-state index contributed by atoms with van der Waals surface area (Å²) in [4.78, 5) is 40.8. The number of aryl methyl sites for hydroxylation is 1. The van der Waals surface area contributed by atoms with E-state index in [9.17, 15) is 23.2 Å². The molecule has 0 spiro atoms. The molecule has 7 nitrogen and oxygen atoms in total. The molecule has 0 atom stereocenters. The van der Waals surface area contributed by atoms with Gasteiger partial charge in [0.05, 0.1) is 0 Å². The van der Waals surface area contributed by atoms with Gasteiger partial charge in [-0.05, 0) is 0 Å². The van der Waals surface area contributed by atoms with Crippen LogP contribution in [0.5, 0.6) is 0 Å². The van der Waals surface area contributed by atoms with Gasteiger partial charge in [-0.2, -0.15) is 0 Å². The number of ether oxygens (including phenoxy) is 1. The quantitative estimate of drug-likeness (QED) is 0.229. The Morgan fingerprint density at radius 1 is 1.14 bits per heavy atom. The average Bonchev–Trinajstić information content (AvgIpc) is 3.40. The zero-order chi connectivity index (χ0) is 24.9. The first-order valence-corrected chi connectivity index (χ1v) is 12.3. The molecule has 4 aromatic rings. The van der Waals surface area contributed by atoms with Crippen LogP contribution in [0.1, 0.15) is 32.9 Å². The number of halogens is 2. The van der Waals surface area contributed by atoms with Crippen molar-refractivity contribution in [3.05, 3.63) is 86.5 Å². The Morgan fingerprint density at radius 3 is 2.66 bits per heavy atom. The number of aromatic nitrogens is 2. The third kappa shape index (κ3) is 4.05. The number of rotatable bonds is 5. The van der Waals surface area contributed by atoms with Crippen molar-refractivity contribution in [1.29, 1.82) is 0 Å². The first kappa shape index (κ1) is 23.0. The SMILES string of the molecule is Cc1[nH]c(/C=C2\C(=O)Nc3cc(F)c(F)cc32)c(C)c1C(=O)OCCn1[se]c2ccccc2c1=O. The number of benzene rings is 2. The second-order valence-corrected chi connectivity index (χ2v) is 10.3. The van der Waals surface area contributed by atoms with E-state index in [1.165, 1.54) is 6.08 Å². The second-order valence-electron chi connectivity index (χ2n) is 8.12. The third-order valence-electron chi connectivity index (χ3n) is 5.89. The van der Waals surface area contributed by atoms with Gasteiger partial charge in [0, 0.05) is 6.07 Å². The van der Waals surface area contributed by atoms with Gasteiger partial charge in [0.1, 0.15) is 0 Å². The van der Waals surface area contributed by atoms with Crippen molar-refractivity contribution >= 4 is 53.6 Å². The van der Waals surface area contributed by atoms with Crippen molar-refractivity contribution in [2.45, 2.75) is 20.4 Å². The van der Waals surface area contributed by atoms with Crippen LogP contribution in [-0.4, -0.2) is 41.8 Å². The number of hydrogen-bond acceptors (Lipinski definition) is 4. The molecule has 2 aromatic carbocycles. The summed E-state index contributed by atoms with van der Waals surface area (Å²) >= 11 is -0.153. The summed E-state index contributed by atoms with van der Waals surface area (Å²) < 4.78 is 35.4. The molecule has 3 heterocycles. The van der Waals surface area contributed by atoms with Gasteiger partial charge in [0.15, 0.2) is 11.6 Å². The van der Waals surface area contributed by atoms with Gasteiger partial charge in [-0.15, -0.1) is 0 Å². The Morgan fingerprint density at radius 2 is 1.89 bits per heavy atom. The molecule has 0 unspecified atom stereocenters. The molecule has 1 amide bonds. The van der Waals surface area contributed by atoms with Gasteiger partial charge in [-0.1, -0.05) is 0 Å². The van der Waals surface area contributed by atoms with Crippen LogP contribution in [0.4, 0.5) is 14.5 Å². The van der Waals surface area contributed by atoms with Crippen LogP contribution >= 0.6 is 0 Å². The molecule has 2 aromatic heterocycles. The molecule has 0 fully saturated rings. The molecule has 1 aliphatic heterocycles. The second kappa shape index (κ2) is 8.79. The molecule has 35 heavy (non-hydrogen) atoms. The van der Waals surface area contributed by atoms with Crippen molar-refractivity contribution in [2.75, 3.05) is 11.9 Å². The van der Waals surface area contributed by atoms with Crippen LogP contribution in [0.25, 0.3) is 21.3 Å². The van der Waals surface area contributed by atoms with Crippen molar-refractivity contribution in [3.8, 4) is 0 Å². The van der Waals surface area contributed by atoms with Crippen LogP contribution < -0.4 is 10.9 Å². The van der Waals surface area contributed by atoms with E-state index in [0.29, 0.717) is 27.9 Å². The summed E-state index contributed by atoms with van der Waals surface area (Å²) in [6.45, 7) is 3.74.